The number of ether oxygens (including phenoxy) is 1. The summed E-state index contributed by atoms with van der Waals surface area (Å²) in [6, 6.07) is 10.1. The van der Waals surface area contributed by atoms with Crippen LogP contribution in [0.5, 0.6) is 0 Å². The Morgan fingerprint density at radius 1 is 1.33 bits per heavy atom. The van der Waals surface area contributed by atoms with Gasteiger partial charge in [0.05, 0.1) is 12.6 Å². The molecule has 1 amide bonds. The largest absolute Gasteiger partial charge is 0.367 e. The quantitative estimate of drug-likeness (QED) is 0.822. The molecule has 1 aromatic rings. The predicted octanol–water partition coefficient (Wildman–Crippen LogP) is 2.78. The second-order valence-corrected chi connectivity index (χ2v) is 4.89. The first kappa shape index (κ1) is 13.1. The van der Waals surface area contributed by atoms with Gasteiger partial charge in [0.15, 0.2) is 0 Å². The van der Waals surface area contributed by atoms with Crippen molar-refractivity contribution in [1.82, 2.24) is 4.90 Å². The van der Waals surface area contributed by atoms with Crippen LogP contribution in [0.2, 0.25) is 0 Å². The summed E-state index contributed by atoms with van der Waals surface area (Å²) < 4.78 is 5.94. The molecule has 98 valence electrons. The average molecular weight is 247 g/mol. The molecule has 1 fully saturated rings. The molecule has 1 heterocycles. The van der Waals surface area contributed by atoms with Gasteiger partial charge in [-0.05, 0) is 18.9 Å². The van der Waals surface area contributed by atoms with Crippen molar-refractivity contribution in [2.24, 2.45) is 0 Å². The van der Waals surface area contributed by atoms with Crippen LogP contribution in [0.25, 0.3) is 0 Å². The van der Waals surface area contributed by atoms with Crippen LogP contribution < -0.4 is 0 Å². The minimum Gasteiger partial charge on any atom is -0.367 e. The van der Waals surface area contributed by atoms with E-state index >= 15 is 0 Å². The number of hydrogen-bond acceptors (Lipinski definition) is 2. The van der Waals surface area contributed by atoms with Gasteiger partial charge in [-0.25, -0.2) is 0 Å². The van der Waals surface area contributed by atoms with Gasteiger partial charge in [-0.2, -0.15) is 0 Å². The van der Waals surface area contributed by atoms with Crippen molar-refractivity contribution in [3.05, 3.63) is 35.9 Å². The van der Waals surface area contributed by atoms with Gasteiger partial charge in [-0.1, -0.05) is 37.3 Å². The van der Waals surface area contributed by atoms with E-state index in [0.29, 0.717) is 19.5 Å². The van der Waals surface area contributed by atoms with E-state index in [1.54, 1.807) is 0 Å². The number of carbonyl (C=O) groups excluding carboxylic acids is 1. The van der Waals surface area contributed by atoms with Crippen LogP contribution in [0.3, 0.4) is 0 Å². The fraction of sp³-hybridized carbons (Fsp3) is 0.533. The summed E-state index contributed by atoms with van der Waals surface area (Å²) in [6.45, 7) is 5.45. The Balaban J connectivity index is 2.07. The zero-order valence-electron chi connectivity index (χ0n) is 11.1. The van der Waals surface area contributed by atoms with Gasteiger partial charge in [0.2, 0.25) is 5.91 Å². The summed E-state index contributed by atoms with van der Waals surface area (Å²) >= 11 is 0. The predicted molar refractivity (Wildman–Crippen MR) is 71.2 cm³/mol. The highest BCUT2D eigenvalue weighted by Gasteiger charge is 2.28. The molecule has 18 heavy (non-hydrogen) atoms. The Hall–Kier alpha value is -1.35. The van der Waals surface area contributed by atoms with E-state index in [9.17, 15) is 4.79 Å². The lowest BCUT2D eigenvalue weighted by molar-refractivity contribution is -0.144. The smallest absolute Gasteiger partial charge is 0.222 e. The molecule has 0 N–H and O–H groups in total. The summed E-state index contributed by atoms with van der Waals surface area (Å²) in [4.78, 5) is 13.9. The van der Waals surface area contributed by atoms with Crippen molar-refractivity contribution in [3.8, 4) is 0 Å². The highest BCUT2D eigenvalue weighted by molar-refractivity contribution is 5.76. The minimum atomic E-state index is 0.00996. The molecule has 1 aliphatic heterocycles. The third-order valence-corrected chi connectivity index (χ3v) is 3.25. The molecule has 2 rings (SSSR count). The Bertz CT molecular complexity index is 391. The van der Waals surface area contributed by atoms with Crippen LogP contribution in [0.1, 0.15) is 38.4 Å². The zero-order chi connectivity index (χ0) is 13.0. The number of morpholine rings is 1. The normalized spacial score (nSPS) is 24.0. The fourth-order valence-electron chi connectivity index (χ4n) is 2.38. The Morgan fingerprint density at radius 2 is 2.06 bits per heavy atom. The molecule has 1 aliphatic rings. The van der Waals surface area contributed by atoms with Crippen molar-refractivity contribution in [2.75, 3.05) is 13.1 Å². The molecule has 0 bridgehead atoms. The van der Waals surface area contributed by atoms with Gasteiger partial charge < -0.3 is 9.64 Å². The molecule has 0 spiro atoms. The lowest BCUT2D eigenvalue weighted by Crippen LogP contribution is -2.45. The molecular formula is C15H21NO2. The lowest BCUT2D eigenvalue weighted by atomic mass is 10.1. The zero-order valence-corrected chi connectivity index (χ0v) is 11.1. The molecule has 0 unspecified atom stereocenters. The summed E-state index contributed by atoms with van der Waals surface area (Å²) in [6.07, 6.45) is 1.65. The number of amides is 1. The van der Waals surface area contributed by atoms with Crippen LogP contribution in [-0.4, -0.2) is 30.0 Å². The molecule has 2 atom stereocenters. The summed E-state index contributed by atoms with van der Waals surface area (Å²) in [7, 11) is 0. The van der Waals surface area contributed by atoms with Gasteiger partial charge >= 0.3 is 0 Å². The average Bonchev–Trinajstić information content (AvgIpc) is 2.39. The summed E-state index contributed by atoms with van der Waals surface area (Å²) in [5, 5.41) is 0. The van der Waals surface area contributed by atoms with Crippen LogP contribution in [0.4, 0.5) is 0 Å². The van der Waals surface area contributed by atoms with E-state index in [-0.39, 0.29) is 18.1 Å². The topological polar surface area (TPSA) is 29.5 Å². The lowest BCUT2D eigenvalue weighted by Gasteiger charge is -2.37. The van der Waals surface area contributed by atoms with Gasteiger partial charge in [-0.3, -0.25) is 4.79 Å². The second kappa shape index (κ2) is 6.01. The molecule has 1 saturated heterocycles. The number of rotatable bonds is 3. The first-order chi connectivity index (χ1) is 8.70. The van der Waals surface area contributed by atoms with E-state index in [2.05, 4.69) is 12.1 Å². The van der Waals surface area contributed by atoms with E-state index in [0.717, 1.165) is 12.0 Å². The third-order valence-electron chi connectivity index (χ3n) is 3.25. The minimum absolute atomic E-state index is 0.00996. The molecule has 0 radical (unpaired) electrons. The first-order valence-electron chi connectivity index (χ1n) is 6.69. The van der Waals surface area contributed by atoms with E-state index < -0.39 is 0 Å². The first-order valence-corrected chi connectivity index (χ1v) is 6.69. The number of carbonyl (C=O) groups is 1. The molecule has 3 heteroatoms. The van der Waals surface area contributed by atoms with Crippen molar-refractivity contribution < 1.29 is 9.53 Å². The number of hydrogen-bond donors (Lipinski definition) is 0. The molecular weight excluding hydrogens is 226 g/mol. The van der Waals surface area contributed by atoms with E-state index in [1.165, 1.54) is 0 Å². The summed E-state index contributed by atoms with van der Waals surface area (Å²) in [5.41, 5.74) is 1.15. The molecule has 0 aromatic heterocycles. The van der Waals surface area contributed by atoms with Crippen molar-refractivity contribution in [1.29, 1.82) is 0 Å². The maximum atomic E-state index is 12.0. The Kier molecular flexibility index (Phi) is 4.37. The second-order valence-electron chi connectivity index (χ2n) is 4.89. The van der Waals surface area contributed by atoms with Crippen LogP contribution >= 0.6 is 0 Å². The fourth-order valence-corrected chi connectivity index (χ4v) is 2.38. The van der Waals surface area contributed by atoms with Gasteiger partial charge in [0.25, 0.3) is 0 Å². The molecule has 0 saturated carbocycles. The molecule has 1 aromatic carbocycles. The Morgan fingerprint density at radius 3 is 2.72 bits per heavy atom. The number of benzene rings is 1. The maximum absolute atomic E-state index is 12.0. The van der Waals surface area contributed by atoms with E-state index in [1.807, 2.05) is 36.9 Å². The van der Waals surface area contributed by atoms with Crippen molar-refractivity contribution in [2.45, 2.75) is 38.9 Å². The highest BCUT2D eigenvalue weighted by atomic mass is 16.5. The van der Waals surface area contributed by atoms with E-state index in [4.69, 9.17) is 4.74 Å². The standard InChI is InChI=1S/C15H21NO2/c1-3-7-15(17)16-10-12(2)18-14(11-16)13-8-5-4-6-9-13/h4-6,8-9,12,14H,3,7,10-11H2,1-2H3/t12-,14-/m1/s1. The third kappa shape index (κ3) is 3.10. The maximum Gasteiger partial charge on any atom is 0.222 e. The van der Waals surface area contributed by atoms with Crippen molar-refractivity contribution >= 4 is 5.91 Å². The highest BCUT2D eigenvalue weighted by Crippen LogP contribution is 2.25. The SMILES string of the molecule is CCCC(=O)N1C[C@@H](C)O[C@@H](c2ccccc2)C1. The summed E-state index contributed by atoms with van der Waals surface area (Å²) in [5.74, 6) is 0.244. The van der Waals surface area contributed by atoms with Crippen LogP contribution in [0.15, 0.2) is 30.3 Å². The molecule has 3 nitrogen and oxygen atoms in total. The number of nitrogens with zero attached hydrogens (tertiary/aromatic N) is 1. The van der Waals surface area contributed by atoms with Gasteiger partial charge in [-0.15, -0.1) is 0 Å². The molecule has 0 aliphatic carbocycles. The van der Waals surface area contributed by atoms with Crippen LogP contribution in [0, 0.1) is 0 Å². The van der Waals surface area contributed by atoms with Crippen molar-refractivity contribution in [3.63, 3.8) is 0 Å². The van der Waals surface area contributed by atoms with Gasteiger partial charge in [0, 0.05) is 13.0 Å². The monoisotopic (exact) mass is 247 g/mol. The van der Waals surface area contributed by atoms with Gasteiger partial charge in [0.1, 0.15) is 6.10 Å². The Labute approximate surface area is 109 Å². The van der Waals surface area contributed by atoms with Crippen LogP contribution in [-0.2, 0) is 9.53 Å².